The van der Waals surface area contributed by atoms with Gasteiger partial charge in [0.1, 0.15) is 0 Å². The van der Waals surface area contributed by atoms with Crippen molar-refractivity contribution in [2.75, 3.05) is 13.1 Å². The molecule has 0 aliphatic heterocycles. The topological polar surface area (TPSA) is 55.1 Å². The maximum absolute atomic E-state index is 11.8. The molecular weight excluding hydrogens is 212 g/mol. The van der Waals surface area contributed by atoms with Gasteiger partial charge in [-0.3, -0.25) is 4.79 Å². The Morgan fingerprint density at radius 2 is 1.76 bits per heavy atom. The second-order valence-electron chi connectivity index (χ2n) is 4.48. The second kappa shape index (κ2) is 7.07. The Hall–Kier alpha value is -1.35. The molecule has 0 fully saturated rings. The first kappa shape index (κ1) is 13.7. The van der Waals surface area contributed by atoms with Crippen molar-refractivity contribution >= 4 is 5.91 Å². The lowest BCUT2D eigenvalue weighted by atomic mass is 10.1. The zero-order valence-electron chi connectivity index (χ0n) is 10.8. The molecule has 1 rings (SSSR count). The highest BCUT2D eigenvalue weighted by Crippen LogP contribution is 2.08. The number of hydrogen-bond acceptors (Lipinski definition) is 2. The molecular formula is C14H22N2O. The molecule has 3 heteroatoms. The van der Waals surface area contributed by atoms with E-state index in [1.165, 1.54) is 0 Å². The van der Waals surface area contributed by atoms with Gasteiger partial charge < -0.3 is 11.1 Å². The molecule has 1 amide bonds. The molecule has 1 aromatic carbocycles. The Bertz CT molecular complexity index is 354. The largest absolute Gasteiger partial charge is 0.352 e. The summed E-state index contributed by atoms with van der Waals surface area (Å²) in [5, 5.41) is 2.93. The van der Waals surface area contributed by atoms with Crippen molar-refractivity contribution < 1.29 is 4.79 Å². The number of benzene rings is 1. The molecule has 0 bridgehead atoms. The molecule has 0 aliphatic carbocycles. The van der Waals surface area contributed by atoms with E-state index in [0.717, 1.165) is 49.0 Å². The SMILES string of the molecule is Cc1cc(C)cc(C(=O)NCCCCCN)c1. The van der Waals surface area contributed by atoms with E-state index in [9.17, 15) is 4.79 Å². The number of unbranched alkanes of at least 4 members (excludes halogenated alkanes) is 2. The maximum Gasteiger partial charge on any atom is 0.251 e. The van der Waals surface area contributed by atoms with Crippen LogP contribution in [-0.4, -0.2) is 19.0 Å². The minimum atomic E-state index is 0.0181. The van der Waals surface area contributed by atoms with E-state index in [1.54, 1.807) is 0 Å². The molecule has 0 heterocycles. The van der Waals surface area contributed by atoms with Crippen LogP contribution in [0.1, 0.15) is 40.7 Å². The predicted octanol–water partition coefficient (Wildman–Crippen LogP) is 2.16. The monoisotopic (exact) mass is 234 g/mol. The molecule has 3 nitrogen and oxygen atoms in total. The summed E-state index contributed by atoms with van der Waals surface area (Å²) in [6, 6.07) is 5.91. The van der Waals surface area contributed by atoms with Crippen molar-refractivity contribution in [2.45, 2.75) is 33.1 Å². The minimum absolute atomic E-state index is 0.0181. The van der Waals surface area contributed by atoms with Gasteiger partial charge >= 0.3 is 0 Å². The van der Waals surface area contributed by atoms with Gasteiger partial charge in [-0.1, -0.05) is 23.6 Å². The van der Waals surface area contributed by atoms with Gasteiger partial charge in [0, 0.05) is 12.1 Å². The van der Waals surface area contributed by atoms with E-state index in [1.807, 2.05) is 26.0 Å². The number of nitrogens with two attached hydrogens (primary N) is 1. The fourth-order valence-electron chi connectivity index (χ4n) is 1.86. The number of rotatable bonds is 6. The Kier molecular flexibility index (Phi) is 5.70. The van der Waals surface area contributed by atoms with Crippen LogP contribution in [0.4, 0.5) is 0 Å². The first-order valence-electron chi connectivity index (χ1n) is 6.20. The first-order chi connectivity index (χ1) is 8.13. The summed E-state index contributed by atoms with van der Waals surface area (Å²) in [4.78, 5) is 11.8. The number of carbonyl (C=O) groups is 1. The lowest BCUT2D eigenvalue weighted by Crippen LogP contribution is -2.24. The van der Waals surface area contributed by atoms with Gasteiger partial charge in [-0.05, 0) is 45.4 Å². The number of amides is 1. The van der Waals surface area contributed by atoms with Crippen molar-refractivity contribution in [3.8, 4) is 0 Å². The van der Waals surface area contributed by atoms with E-state index in [-0.39, 0.29) is 5.91 Å². The molecule has 0 unspecified atom stereocenters. The Labute approximate surface area is 103 Å². The van der Waals surface area contributed by atoms with Crippen molar-refractivity contribution in [1.29, 1.82) is 0 Å². The Balaban J connectivity index is 2.41. The van der Waals surface area contributed by atoms with E-state index in [2.05, 4.69) is 11.4 Å². The maximum atomic E-state index is 11.8. The van der Waals surface area contributed by atoms with E-state index >= 15 is 0 Å². The average molecular weight is 234 g/mol. The normalized spacial score (nSPS) is 10.3. The van der Waals surface area contributed by atoms with Crippen LogP contribution >= 0.6 is 0 Å². The Morgan fingerprint density at radius 1 is 1.12 bits per heavy atom. The summed E-state index contributed by atoms with van der Waals surface area (Å²) < 4.78 is 0. The van der Waals surface area contributed by atoms with Crippen molar-refractivity contribution in [1.82, 2.24) is 5.32 Å². The van der Waals surface area contributed by atoms with Gasteiger partial charge in [0.15, 0.2) is 0 Å². The number of aryl methyl sites for hydroxylation is 2. The fourth-order valence-corrected chi connectivity index (χ4v) is 1.86. The average Bonchev–Trinajstić information content (AvgIpc) is 2.27. The second-order valence-corrected chi connectivity index (χ2v) is 4.48. The molecule has 0 atom stereocenters. The third-order valence-corrected chi connectivity index (χ3v) is 2.65. The Morgan fingerprint density at radius 3 is 2.35 bits per heavy atom. The van der Waals surface area contributed by atoms with Crippen molar-refractivity contribution in [3.63, 3.8) is 0 Å². The summed E-state index contributed by atoms with van der Waals surface area (Å²) in [5.74, 6) is 0.0181. The molecule has 17 heavy (non-hydrogen) atoms. The molecule has 1 aromatic rings. The van der Waals surface area contributed by atoms with Gasteiger partial charge in [-0.15, -0.1) is 0 Å². The van der Waals surface area contributed by atoms with E-state index < -0.39 is 0 Å². The molecule has 94 valence electrons. The van der Waals surface area contributed by atoms with Gasteiger partial charge in [-0.2, -0.15) is 0 Å². The third kappa shape index (κ3) is 5.00. The van der Waals surface area contributed by atoms with Crippen LogP contribution in [0, 0.1) is 13.8 Å². The summed E-state index contributed by atoms with van der Waals surface area (Å²) in [6.45, 7) is 5.47. The molecule has 0 saturated heterocycles. The molecule has 3 N–H and O–H groups in total. The van der Waals surface area contributed by atoms with Gasteiger partial charge in [0.05, 0.1) is 0 Å². The number of nitrogens with one attached hydrogen (secondary N) is 1. The highest BCUT2D eigenvalue weighted by Gasteiger charge is 2.05. The highest BCUT2D eigenvalue weighted by molar-refractivity contribution is 5.94. The number of carbonyl (C=O) groups excluding carboxylic acids is 1. The fraction of sp³-hybridized carbons (Fsp3) is 0.500. The van der Waals surface area contributed by atoms with Crippen molar-refractivity contribution in [3.05, 3.63) is 34.9 Å². The summed E-state index contributed by atoms with van der Waals surface area (Å²) in [5.41, 5.74) is 8.41. The van der Waals surface area contributed by atoms with Crippen molar-refractivity contribution in [2.24, 2.45) is 5.73 Å². The van der Waals surface area contributed by atoms with Gasteiger partial charge in [-0.25, -0.2) is 0 Å². The minimum Gasteiger partial charge on any atom is -0.352 e. The van der Waals surface area contributed by atoms with Crippen LogP contribution in [0.3, 0.4) is 0 Å². The van der Waals surface area contributed by atoms with Crippen LogP contribution in [0.25, 0.3) is 0 Å². The standard InChI is InChI=1S/C14H22N2O/c1-11-8-12(2)10-13(9-11)14(17)16-7-5-3-4-6-15/h8-10H,3-7,15H2,1-2H3,(H,16,17). The zero-order chi connectivity index (χ0) is 12.7. The summed E-state index contributed by atoms with van der Waals surface area (Å²) >= 11 is 0. The predicted molar refractivity (Wildman–Crippen MR) is 71.2 cm³/mol. The lowest BCUT2D eigenvalue weighted by molar-refractivity contribution is 0.0953. The zero-order valence-corrected chi connectivity index (χ0v) is 10.8. The van der Waals surface area contributed by atoms with Crippen LogP contribution in [-0.2, 0) is 0 Å². The molecule has 0 aromatic heterocycles. The van der Waals surface area contributed by atoms with Crippen LogP contribution in [0.5, 0.6) is 0 Å². The van der Waals surface area contributed by atoms with Gasteiger partial charge in [0.25, 0.3) is 5.91 Å². The third-order valence-electron chi connectivity index (χ3n) is 2.65. The molecule has 0 saturated carbocycles. The van der Waals surface area contributed by atoms with E-state index in [0.29, 0.717) is 0 Å². The van der Waals surface area contributed by atoms with E-state index in [4.69, 9.17) is 5.73 Å². The number of hydrogen-bond donors (Lipinski definition) is 2. The van der Waals surface area contributed by atoms with Crippen LogP contribution in [0.15, 0.2) is 18.2 Å². The molecule has 0 spiro atoms. The van der Waals surface area contributed by atoms with Crippen LogP contribution in [0.2, 0.25) is 0 Å². The molecule has 0 aliphatic rings. The first-order valence-corrected chi connectivity index (χ1v) is 6.20. The lowest BCUT2D eigenvalue weighted by Gasteiger charge is -2.06. The summed E-state index contributed by atoms with van der Waals surface area (Å²) in [7, 11) is 0. The summed E-state index contributed by atoms with van der Waals surface area (Å²) in [6.07, 6.45) is 3.09. The van der Waals surface area contributed by atoms with Crippen LogP contribution < -0.4 is 11.1 Å². The quantitative estimate of drug-likeness (QED) is 0.741. The smallest absolute Gasteiger partial charge is 0.251 e. The molecule has 0 radical (unpaired) electrons. The van der Waals surface area contributed by atoms with Gasteiger partial charge in [0.2, 0.25) is 0 Å². The highest BCUT2D eigenvalue weighted by atomic mass is 16.1.